The van der Waals surface area contributed by atoms with Crippen LogP contribution in [0.25, 0.3) is 10.9 Å². The third-order valence-electron chi connectivity index (χ3n) is 5.86. The Morgan fingerprint density at radius 3 is 2.48 bits per heavy atom. The van der Waals surface area contributed by atoms with Gasteiger partial charge in [0, 0.05) is 43.0 Å². The summed E-state index contributed by atoms with van der Waals surface area (Å²) in [6.07, 6.45) is 3.86. The van der Waals surface area contributed by atoms with Gasteiger partial charge in [-0.2, -0.15) is 0 Å². The van der Waals surface area contributed by atoms with Crippen LogP contribution in [0.3, 0.4) is 0 Å². The molecule has 0 aliphatic carbocycles. The SMILES string of the molecule is COc1ccc2c(ccn2CC(=O)N2CCC(Oc3ccc(C)c(C)c3)CC2)c1. The first kappa shape index (κ1) is 19.4. The third-order valence-corrected chi connectivity index (χ3v) is 5.86. The number of nitrogens with zero attached hydrogens (tertiary/aromatic N) is 2. The molecule has 0 unspecified atom stereocenters. The zero-order valence-corrected chi connectivity index (χ0v) is 17.4. The highest BCUT2D eigenvalue weighted by Gasteiger charge is 2.24. The van der Waals surface area contributed by atoms with Crippen LogP contribution in [-0.2, 0) is 11.3 Å². The van der Waals surface area contributed by atoms with Crippen molar-refractivity contribution in [2.75, 3.05) is 20.2 Å². The Bertz CT molecular complexity index is 1020. The van der Waals surface area contributed by atoms with E-state index in [1.807, 2.05) is 46.0 Å². The van der Waals surface area contributed by atoms with E-state index in [-0.39, 0.29) is 12.0 Å². The maximum absolute atomic E-state index is 12.8. The molecule has 5 nitrogen and oxygen atoms in total. The van der Waals surface area contributed by atoms with Gasteiger partial charge < -0.3 is 18.9 Å². The summed E-state index contributed by atoms with van der Waals surface area (Å²) in [4.78, 5) is 14.8. The lowest BCUT2D eigenvalue weighted by molar-refractivity contribution is -0.133. The molecular formula is C24H28N2O3. The molecule has 1 saturated heterocycles. The Hall–Kier alpha value is -2.95. The maximum Gasteiger partial charge on any atom is 0.242 e. The van der Waals surface area contributed by atoms with Gasteiger partial charge in [-0.05, 0) is 61.4 Å². The van der Waals surface area contributed by atoms with E-state index >= 15 is 0 Å². The van der Waals surface area contributed by atoms with Crippen LogP contribution in [0, 0.1) is 13.8 Å². The number of benzene rings is 2. The van der Waals surface area contributed by atoms with Gasteiger partial charge in [-0.25, -0.2) is 0 Å². The van der Waals surface area contributed by atoms with Crippen LogP contribution in [0.5, 0.6) is 11.5 Å². The highest BCUT2D eigenvalue weighted by atomic mass is 16.5. The fraction of sp³-hybridized carbons (Fsp3) is 0.375. The monoisotopic (exact) mass is 392 g/mol. The molecule has 1 amide bonds. The number of carbonyl (C=O) groups is 1. The summed E-state index contributed by atoms with van der Waals surface area (Å²) in [7, 11) is 1.66. The summed E-state index contributed by atoms with van der Waals surface area (Å²) in [5, 5.41) is 1.08. The fourth-order valence-electron chi connectivity index (χ4n) is 3.89. The first-order valence-corrected chi connectivity index (χ1v) is 10.2. The van der Waals surface area contributed by atoms with Crippen LogP contribution >= 0.6 is 0 Å². The molecule has 4 rings (SSSR count). The van der Waals surface area contributed by atoms with E-state index in [9.17, 15) is 4.79 Å². The van der Waals surface area contributed by atoms with Crippen LogP contribution < -0.4 is 9.47 Å². The topological polar surface area (TPSA) is 43.7 Å². The summed E-state index contributed by atoms with van der Waals surface area (Å²) in [6.45, 7) is 6.04. The molecule has 0 radical (unpaired) electrons. The average Bonchev–Trinajstić information content (AvgIpc) is 3.13. The Kier molecular flexibility index (Phi) is 5.47. The summed E-state index contributed by atoms with van der Waals surface area (Å²) in [5.41, 5.74) is 3.56. The zero-order chi connectivity index (χ0) is 20.4. The Morgan fingerprint density at radius 2 is 1.76 bits per heavy atom. The van der Waals surface area contributed by atoms with E-state index < -0.39 is 0 Å². The molecule has 2 aromatic carbocycles. The van der Waals surface area contributed by atoms with Crippen LogP contribution in [0.2, 0.25) is 0 Å². The Labute approximate surface area is 171 Å². The van der Waals surface area contributed by atoms with Gasteiger partial charge in [-0.15, -0.1) is 0 Å². The molecule has 0 N–H and O–H groups in total. The largest absolute Gasteiger partial charge is 0.497 e. The minimum Gasteiger partial charge on any atom is -0.497 e. The molecule has 5 heteroatoms. The van der Waals surface area contributed by atoms with E-state index in [2.05, 4.69) is 26.0 Å². The maximum atomic E-state index is 12.8. The number of hydrogen-bond acceptors (Lipinski definition) is 3. The lowest BCUT2D eigenvalue weighted by Crippen LogP contribution is -2.43. The van der Waals surface area contributed by atoms with E-state index in [4.69, 9.17) is 9.47 Å². The number of carbonyl (C=O) groups excluding carboxylic acids is 1. The predicted octanol–water partition coefficient (Wildman–Crippen LogP) is 4.34. The average molecular weight is 392 g/mol. The van der Waals surface area contributed by atoms with Crippen molar-refractivity contribution in [1.29, 1.82) is 0 Å². The number of hydrogen-bond donors (Lipinski definition) is 0. The zero-order valence-electron chi connectivity index (χ0n) is 17.4. The molecule has 1 aliphatic heterocycles. The number of rotatable bonds is 5. The number of ether oxygens (including phenoxy) is 2. The van der Waals surface area contributed by atoms with E-state index in [1.165, 1.54) is 11.1 Å². The van der Waals surface area contributed by atoms with E-state index in [0.717, 1.165) is 48.3 Å². The van der Waals surface area contributed by atoms with Crippen LogP contribution in [0.4, 0.5) is 0 Å². The summed E-state index contributed by atoms with van der Waals surface area (Å²) in [5.74, 6) is 1.91. The third kappa shape index (κ3) is 4.24. The minimum absolute atomic E-state index is 0.156. The number of piperidine rings is 1. The molecule has 3 aromatic rings. The first-order chi connectivity index (χ1) is 14.0. The number of fused-ring (bicyclic) bond motifs is 1. The highest BCUT2D eigenvalue weighted by Crippen LogP contribution is 2.24. The van der Waals surface area contributed by atoms with Gasteiger partial charge in [0.1, 0.15) is 24.1 Å². The van der Waals surface area contributed by atoms with Gasteiger partial charge in [0.25, 0.3) is 0 Å². The predicted molar refractivity (Wildman–Crippen MR) is 115 cm³/mol. The number of aromatic nitrogens is 1. The summed E-state index contributed by atoms with van der Waals surface area (Å²) >= 11 is 0. The van der Waals surface area contributed by atoms with Crippen LogP contribution in [0.15, 0.2) is 48.7 Å². The van der Waals surface area contributed by atoms with Crippen molar-refractivity contribution in [2.24, 2.45) is 0 Å². The summed E-state index contributed by atoms with van der Waals surface area (Å²) in [6, 6.07) is 14.2. The van der Waals surface area contributed by atoms with Crippen molar-refractivity contribution in [1.82, 2.24) is 9.47 Å². The molecule has 0 atom stereocenters. The van der Waals surface area contributed by atoms with Gasteiger partial charge in [0.2, 0.25) is 5.91 Å². The normalized spacial score (nSPS) is 14.9. The van der Waals surface area contributed by atoms with Crippen molar-refractivity contribution < 1.29 is 14.3 Å². The van der Waals surface area contributed by atoms with Crippen molar-refractivity contribution in [3.8, 4) is 11.5 Å². The minimum atomic E-state index is 0.156. The smallest absolute Gasteiger partial charge is 0.242 e. The second-order valence-electron chi connectivity index (χ2n) is 7.81. The summed E-state index contributed by atoms with van der Waals surface area (Å²) < 4.78 is 13.4. The number of amides is 1. The van der Waals surface area contributed by atoms with Gasteiger partial charge in [-0.3, -0.25) is 4.79 Å². The number of aryl methyl sites for hydroxylation is 2. The second kappa shape index (κ2) is 8.19. The molecule has 0 saturated carbocycles. The number of likely N-dealkylation sites (tertiary alicyclic amines) is 1. The molecule has 0 spiro atoms. The van der Waals surface area contributed by atoms with Crippen molar-refractivity contribution in [2.45, 2.75) is 39.3 Å². The molecule has 1 aliphatic rings. The molecule has 2 heterocycles. The Morgan fingerprint density at radius 1 is 1.00 bits per heavy atom. The van der Waals surface area contributed by atoms with Crippen molar-refractivity contribution in [3.63, 3.8) is 0 Å². The lowest BCUT2D eigenvalue weighted by atomic mass is 10.1. The van der Waals surface area contributed by atoms with Crippen molar-refractivity contribution in [3.05, 3.63) is 59.8 Å². The van der Waals surface area contributed by atoms with Gasteiger partial charge in [0.05, 0.1) is 7.11 Å². The van der Waals surface area contributed by atoms with Crippen LogP contribution in [-0.4, -0.2) is 41.7 Å². The lowest BCUT2D eigenvalue weighted by Gasteiger charge is -2.32. The fourth-order valence-corrected chi connectivity index (χ4v) is 3.89. The molecule has 29 heavy (non-hydrogen) atoms. The van der Waals surface area contributed by atoms with E-state index in [1.54, 1.807) is 7.11 Å². The highest BCUT2D eigenvalue weighted by molar-refractivity contribution is 5.84. The van der Waals surface area contributed by atoms with Gasteiger partial charge >= 0.3 is 0 Å². The molecule has 0 bridgehead atoms. The molecule has 152 valence electrons. The van der Waals surface area contributed by atoms with Crippen LogP contribution in [0.1, 0.15) is 24.0 Å². The molecule has 1 fully saturated rings. The molecule has 1 aromatic heterocycles. The molecular weight excluding hydrogens is 364 g/mol. The first-order valence-electron chi connectivity index (χ1n) is 10.2. The second-order valence-corrected chi connectivity index (χ2v) is 7.81. The number of methoxy groups -OCH3 is 1. The Balaban J connectivity index is 1.34. The van der Waals surface area contributed by atoms with E-state index in [0.29, 0.717) is 6.54 Å². The standard InChI is InChI=1S/C24H28N2O3/c1-17-4-5-22(14-18(17)2)29-20-9-12-25(13-10-20)24(27)16-26-11-8-19-15-21(28-3)6-7-23(19)26/h4-8,11,14-15,20H,9-10,12-13,16H2,1-3H3. The van der Waals surface area contributed by atoms with Crippen molar-refractivity contribution >= 4 is 16.8 Å². The quantitative estimate of drug-likeness (QED) is 0.649. The van der Waals surface area contributed by atoms with Gasteiger partial charge in [-0.1, -0.05) is 6.07 Å². The van der Waals surface area contributed by atoms with Gasteiger partial charge in [0.15, 0.2) is 0 Å².